The molecule has 3 nitrogen and oxygen atoms in total. The van der Waals surface area contributed by atoms with Gasteiger partial charge in [0.15, 0.2) is 6.17 Å². The standard InChI is InChI=1S/C15H26N3/c1-15(8-9-15)13(11-4-3-5-11)14-16-17(2)10-18(14)12-6-7-12/h10-14,16H,3-9H2,1-2H3/q+1. The Labute approximate surface area is 110 Å². The van der Waals surface area contributed by atoms with Crippen molar-refractivity contribution in [3.63, 3.8) is 0 Å². The van der Waals surface area contributed by atoms with Gasteiger partial charge in [0, 0.05) is 5.92 Å². The molecule has 0 spiro atoms. The largest absolute Gasteiger partial charge is 0.254 e. The summed E-state index contributed by atoms with van der Waals surface area (Å²) in [4.78, 5) is 0. The fourth-order valence-corrected chi connectivity index (χ4v) is 4.08. The van der Waals surface area contributed by atoms with Crippen LogP contribution in [0.1, 0.15) is 51.9 Å². The average molecular weight is 248 g/mol. The molecule has 2 atom stereocenters. The Morgan fingerprint density at radius 1 is 1.28 bits per heavy atom. The van der Waals surface area contributed by atoms with Crippen molar-refractivity contribution >= 4 is 6.34 Å². The van der Waals surface area contributed by atoms with Crippen LogP contribution in [0.25, 0.3) is 0 Å². The molecule has 1 aliphatic heterocycles. The van der Waals surface area contributed by atoms with Gasteiger partial charge >= 0.3 is 0 Å². The molecule has 1 heterocycles. The highest BCUT2D eigenvalue weighted by atomic mass is 15.6. The number of hydrogen-bond acceptors (Lipinski definition) is 2. The number of rotatable bonds is 4. The van der Waals surface area contributed by atoms with Crippen LogP contribution < -0.4 is 5.43 Å². The summed E-state index contributed by atoms with van der Waals surface area (Å²) >= 11 is 0. The maximum atomic E-state index is 3.72. The summed E-state index contributed by atoms with van der Waals surface area (Å²) in [5, 5.41) is 2.19. The lowest BCUT2D eigenvalue weighted by atomic mass is 9.68. The smallest absolute Gasteiger partial charge is 0.245 e. The van der Waals surface area contributed by atoms with Crippen molar-refractivity contribution in [1.29, 1.82) is 0 Å². The van der Waals surface area contributed by atoms with E-state index in [0.717, 1.165) is 17.9 Å². The Morgan fingerprint density at radius 2 is 2.00 bits per heavy atom. The Balaban J connectivity index is 1.60. The lowest BCUT2D eigenvalue weighted by Crippen LogP contribution is -2.50. The van der Waals surface area contributed by atoms with Crippen LogP contribution >= 0.6 is 0 Å². The fourth-order valence-electron chi connectivity index (χ4n) is 4.08. The van der Waals surface area contributed by atoms with Crippen molar-refractivity contribution in [1.82, 2.24) is 10.4 Å². The molecule has 100 valence electrons. The summed E-state index contributed by atoms with van der Waals surface area (Å²) in [5.74, 6) is 1.85. The molecular formula is C15H26N3+. The SMILES string of the molecule is CN1C=[N+](C2CC2)C(C(C2CCC2)C2(C)CC2)N1. The fraction of sp³-hybridized carbons (Fsp3) is 0.933. The van der Waals surface area contributed by atoms with Crippen molar-refractivity contribution < 1.29 is 4.58 Å². The minimum absolute atomic E-state index is 0.584. The molecule has 3 heteroatoms. The van der Waals surface area contributed by atoms with Gasteiger partial charge in [0.1, 0.15) is 0 Å². The van der Waals surface area contributed by atoms with Gasteiger partial charge in [0.2, 0.25) is 0 Å². The molecule has 0 aromatic carbocycles. The van der Waals surface area contributed by atoms with E-state index in [4.69, 9.17) is 0 Å². The quantitative estimate of drug-likeness (QED) is 0.769. The third-order valence-corrected chi connectivity index (χ3v) is 5.77. The van der Waals surface area contributed by atoms with E-state index in [-0.39, 0.29) is 0 Å². The monoisotopic (exact) mass is 248 g/mol. The van der Waals surface area contributed by atoms with E-state index < -0.39 is 0 Å². The van der Waals surface area contributed by atoms with Crippen LogP contribution in [0, 0.1) is 17.3 Å². The van der Waals surface area contributed by atoms with E-state index in [1.807, 2.05) is 0 Å². The molecule has 0 aromatic heterocycles. The molecule has 4 aliphatic rings. The van der Waals surface area contributed by atoms with E-state index in [1.54, 1.807) is 0 Å². The molecule has 1 N–H and O–H groups in total. The normalized spacial score (nSPS) is 36.2. The summed E-state index contributed by atoms with van der Waals surface area (Å²) in [6, 6.07) is 0.831. The Kier molecular flexibility index (Phi) is 2.33. The molecule has 18 heavy (non-hydrogen) atoms. The zero-order valence-electron chi connectivity index (χ0n) is 11.7. The molecule has 3 fully saturated rings. The van der Waals surface area contributed by atoms with Gasteiger partial charge in [-0.1, -0.05) is 13.3 Å². The highest BCUT2D eigenvalue weighted by Gasteiger charge is 2.57. The lowest BCUT2D eigenvalue weighted by Gasteiger charge is -2.40. The molecule has 2 unspecified atom stereocenters. The predicted octanol–water partition coefficient (Wildman–Crippen LogP) is 2.18. The first-order valence-electron chi connectivity index (χ1n) is 7.79. The summed E-state index contributed by atoms with van der Waals surface area (Å²) in [7, 11) is 2.16. The molecule has 0 bridgehead atoms. The van der Waals surface area contributed by atoms with Gasteiger partial charge in [-0.05, 0) is 49.9 Å². The van der Waals surface area contributed by atoms with Gasteiger partial charge in [0.25, 0.3) is 6.34 Å². The van der Waals surface area contributed by atoms with Gasteiger partial charge in [-0.3, -0.25) is 0 Å². The second kappa shape index (κ2) is 3.72. The molecule has 0 radical (unpaired) electrons. The van der Waals surface area contributed by atoms with Crippen LogP contribution in [0.2, 0.25) is 0 Å². The van der Waals surface area contributed by atoms with Crippen molar-refractivity contribution in [3.05, 3.63) is 0 Å². The first-order valence-corrected chi connectivity index (χ1v) is 7.79. The molecule has 4 rings (SSSR count). The van der Waals surface area contributed by atoms with E-state index in [9.17, 15) is 0 Å². The average Bonchev–Trinajstić information content (AvgIpc) is 3.16. The third kappa shape index (κ3) is 1.70. The van der Waals surface area contributed by atoms with Crippen LogP contribution in [-0.2, 0) is 0 Å². The number of hydrazine groups is 1. The van der Waals surface area contributed by atoms with Gasteiger partial charge in [-0.2, -0.15) is 5.01 Å². The van der Waals surface area contributed by atoms with Crippen LogP contribution in [0.4, 0.5) is 0 Å². The van der Waals surface area contributed by atoms with E-state index in [1.165, 1.54) is 44.9 Å². The number of hydrogen-bond donors (Lipinski definition) is 1. The van der Waals surface area contributed by atoms with Crippen molar-refractivity contribution in [3.8, 4) is 0 Å². The maximum absolute atomic E-state index is 3.72. The Morgan fingerprint density at radius 3 is 2.50 bits per heavy atom. The maximum Gasteiger partial charge on any atom is 0.254 e. The zero-order valence-corrected chi connectivity index (χ0v) is 11.7. The van der Waals surface area contributed by atoms with Crippen molar-refractivity contribution in [2.75, 3.05) is 7.05 Å². The molecule has 0 amide bonds. The van der Waals surface area contributed by atoms with Gasteiger partial charge in [-0.15, -0.1) is 5.43 Å². The molecule has 3 aliphatic carbocycles. The van der Waals surface area contributed by atoms with Crippen LogP contribution in [0.3, 0.4) is 0 Å². The van der Waals surface area contributed by atoms with Gasteiger partial charge in [-0.25, -0.2) is 4.58 Å². The van der Waals surface area contributed by atoms with Gasteiger partial charge in [0.05, 0.1) is 13.1 Å². The van der Waals surface area contributed by atoms with Crippen LogP contribution in [-0.4, -0.2) is 35.2 Å². The first-order chi connectivity index (χ1) is 8.67. The Bertz CT molecular complexity index is 377. The third-order valence-electron chi connectivity index (χ3n) is 5.77. The topological polar surface area (TPSA) is 18.3 Å². The van der Waals surface area contributed by atoms with E-state index in [0.29, 0.717) is 11.6 Å². The first kappa shape index (κ1) is 11.3. The van der Waals surface area contributed by atoms with Gasteiger partial charge < -0.3 is 0 Å². The molecule has 0 saturated heterocycles. The summed E-state index contributed by atoms with van der Waals surface area (Å²) in [6.07, 6.45) is 13.0. The minimum atomic E-state index is 0.584. The molecule has 0 aromatic rings. The second-order valence-corrected chi connectivity index (χ2v) is 7.35. The number of nitrogens with one attached hydrogen (secondary N) is 1. The molecular weight excluding hydrogens is 222 g/mol. The minimum Gasteiger partial charge on any atom is -0.245 e. The lowest BCUT2D eigenvalue weighted by molar-refractivity contribution is -0.585. The Hall–Kier alpha value is -0.570. The van der Waals surface area contributed by atoms with Crippen molar-refractivity contribution in [2.45, 2.75) is 64.1 Å². The summed E-state index contributed by atoms with van der Waals surface area (Å²) in [6.45, 7) is 2.53. The van der Waals surface area contributed by atoms with E-state index in [2.05, 4.69) is 35.3 Å². The second-order valence-electron chi connectivity index (χ2n) is 7.35. The highest BCUT2D eigenvalue weighted by molar-refractivity contribution is 5.49. The summed E-state index contributed by atoms with van der Waals surface area (Å²) in [5.41, 5.74) is 4.36. The number of nitrogens with zero attached hydrogens (tertiary/aromatic N) is 2. The molecule has 3 saturated carbocycles. The van der Waals surface area contributed by atoms with Crippen molar-refractivity contribution in [2.24, 2.45) is 17.3 Å². The van der Waals surface area contributed by atoms with Crippen LogP contribution in [0.5, 0.6) is 0 Å². The summed E-state index contributed by atoms with van der Waals surface area (Å²) < 4.78 is 2.65. The predicted molar refractivity (Wildman–Crippen MR) is 72.2 cm³/mol. The zero-order chi connectivity index (χ0) is 12.3. The van der Waals surface area contributed by atoms with Crippen LogP contribution in [0.15, 0.2) is 0 Å². The highest BCUT2D eigenvalue weighted by Crippen LogP contribution is 2.59. The van der Waals surface area contributed by atoms with E-state index >= 15 is 0 Å².